The third kappa shape index (κ3) is 6.07. The third-order valence-corrected chi connectivity index (χ3v) is 6.47. The van der Waals surface area contributed by atoms with Crippen molar-refractivity contribution in [3.8, 4) is 0 Å². The molecule has 2 amide bonds. The molecule has 0 aliphatic carbocycles. The van der Waals surface area contributed by atoms with Crippen molar-refractivity contribution in [3.05, 3.63) is 60.2 Å². The Bertz CT molecular complexity index is 1080. The summed E-state index contributed by atoms with van der Waals surface area (Å²) in [5, 5.41) is 2.79. The van der Waals surface area contributed by atoms with Gasteiger partial charge in [-0.1, -0.05) is 24.3 Å². The molecule has 172 valence electrons. The fourth-order valence-corrected chi connectivity index (χ4v) is 4.39. The van der Waals surface area contributed by atoms with Crippen molar-refractivity contribution in [1.82, 2.24) is 9.62 Å². The maximum absolute atomic E-state index is 12.8. The fraction of sp³-hybridized carbons (Fsp3) is 0.333. The van der Waals surface area contributed by atoms with Crippen LogP contribution in [0.2, 0.25) is 0 Å². The predicted octanol–water partition coefficient (Wildman–Crippen LogP) is 2.86. The Morgan fingerprint density at radius 1 is 1.06 bits per heavy atom. The van der Waals surface area contributed by atoms with E-state index >= 15 is 0 Å². The lowest BCUT2D eigenvalue weighted by atomic mass is 9.97. The van der Waals surface area contributed by atoms with Crippen LogP contribution in [0.1, 0.15) is 18.4 Å². The molecule has 2 aromatic rings. The zero-order valence-electron chi connectivity index (χ0n) is 16.9. The number of halogens is 3. The zero-order valence-corrected chi connectivity index (χ0v) is 17.7. The van der Waals surface area contributed by atoms with E-state index in [1.165, 1.54) is 4.90 Å². The number of rotatable bonds is 6. The molecule has 2 aromatic carbocycles. The Labute approximate surface area is 183 Å². The second-order valence-corrected chi connectivity index (χ2v) is 9.15. The molecule has 1 saturated heterocycles. The Morgan fingerprint density at radius 2 is 1.78 bits per heavy atom. The molecule has 3 rings (SSSR count). The lowest BCUT2D eigenvalue weighted by Crippen LogP contribution is -2.47. The number of nitrogens with zero attached hydrogens (tertiary/aromatic N) is 1. The quantitative estimate of drug-likeness (QED) is 0.680. The number of hydrogen-bond donors (Lipinski definition) is 2. The molecule has 0 spiro atoms. The average Bonchev–Trinajstić information content (AvgIpc) is 2.78. The number of amides is 2. The highest BCUT2D eigenvalue weighted by Crippen LogP contribution is 2.30. The molecular formula is C21H22F3N3O4S. The molecule has 1 atom stereocenters. The van der Waals surface area contributed by atoms with Crippen LogP contribution >= 0.6 is 0 Å². The van der Waals surface area contributed by atoms with Crippen LogP contribution in [0.4, 0.5) is 18.9 Å². The summed E-state index contributed by atoms with van der Waals surface area (Å²) in [4.78, 5) is 25.8. The van der Waals surface area contributed by atoms with Crippen molar-refractivity contribution in [2.75, 3.05) is 25.0 Å². The number of hydrogen-bond acceptors (Lipinski definition) is 4. The summed E-state index contributed by atoms with van der Waals surface area (Å²) in [5.41, 5.74) is -0.468. The van der Waals surface area contributed by atoms with E-state index in [9.17, 15) is 31.2 Å². The van der Waals surface area contributed by atoms with Crippen molar-refractivity contribution in [2.45, 2.75) is 23.9 Å². The molecule has 32 heavy (non-hydrogen) atoms. The number of benzene rings is 2. The van der Waals surface area contributed by atoms with E-state index < -0.39 is 45.0 Å². The molecule has 1 heterocycles. The van der Waals surface area contributed by atoms with E-state index in [4.69, 9.17) is 0 Å². The van der Waals surface area contributed by atoms with Crippen LogP contribution in [-0.2, 0) is 25.8 Å². The minimum absolute atomic E-state index is 0.128. The van der Waals surface area contributed by atoms with Gasteiger partial charge in [0.2, 0.25) is 21.8 Å². The summed E-state index contributed by atoms with van der Waals surface area (Å²) in [6.45, 7) is -0.131. The molecule has 11 heteroatoms. The Morgan fingerprint density at radius 3 is 2.47 bits per heavy atom. The van der Waals surface area contributed by atoms with Gasteiger partial charge in [0.25, 0.3) is 0 Å². The topological polar surface area (TPSA) is 95.6 Å². The fourth-order valence-electron chi connectivity index (χ4n) is 3.37. The predicted molar refractivity (Wildman–Crippen MR) is 111 cm³/mol. The number of alkyl halides is 3. The maximum Gasteiger partial charge on any atom is 0.416 e. The van der Waals surface area contributed by atoms with Crippen LogP contribution in [0.3, 0.4) is 0 Å². The van der Waals surface area contributed by atoms with Crippen LogP contribution in [0.15, 0.2) is 59.5 Å². The molecular weight excluding hydrogens is 447 g/mol. The van der Waals surface area contributed by atoms with Crippen molar-refractivity contribution in [2.24, 2.45) is 5.92 Å². The first-order valence-corrected chi connectivity index (χ1v) is 11.4. The molecule has 1 unspecified atom stereocenters. The van der Waals surface area contributed by atoms with Crippen LogP contribution in [0.25, 0.3) is 0 Å². The molecule has 7 nitrogen and oxygen atoms in total. The number of para-hydroxylation sites is 1. The van der Waals surface area contributed by atoms with Gasteiger partial charge in [-0.15, -0.1) is 0 Å². The molecule has 2 N–H and O–H groups in total. The van der Waals surface area contributed by atoms with Gasteiger partial charge in [-0.3, -0.25) is 9.59 Å². The third-order valence-electron chi connectivity index (χ3n) is 5.07. The smallest absolute Gasteiger partial charge is 0.341 e. The molecule has 1 fully saturated rings. The minimum Gasteiger partial charge on any atom is -0.341 e. The summed E-state index contributed by atoms with van der Waals surface area (Å²) in [6, 6.07) is 12.1. The summed E-state index contributed by atoms with van der Waals surface area (Å²) in [7, 11) is -4.32. The van der Waals surface area contributed by atoms with Gasteiger partial charge < -0.3 is 10.2 Å². The number of nitrogens with one attached hydrogen (secondary N) is 2. The second-order valence-electron chi connectivity index (χ2n) is 7.38. The van der Waals surface area contributed by atoms with E-state index in [2.05, 4.69) is 5.32 Å². The lowest BCUT2D eigenvalue weighted by Gasteiger charge is -2.32. The minimum atomic E-state index is -4.69. The first-order chi connectivity index (χ1) is 15.1. The Balaban J connectivity index is 1.59. The number of carbonyl (C=O) groups is 2. The van der Waals surface area contributed by atoms with Gasteiger partial charge in [0.05, 0.1) is 22.9 Å². The number of likely N-dealkylation sites (tertiary alicyclic amines) is 1. The van der Waals surface area contributed by atoms with Crippen molar-refractivity contribution >= 4 is 27.5 Å². The van der Waals surface area contributed by atoms with Crippen molar-refractivity contribution in [3.63, 3.8) is 0 Å². The molecule has 0 aromatic heterocycles. The zero-order chi connectivity index (χ0) is 23.4. The molecule has 0 bridgehead atoms. The summed E-state index contributed by atoms with van der Waals surface area (Å²) in [5.74, 6) is -1.25. The number of carbonyl (C=O) groups excluding carboxylic acids is 2. The van der Waals surface area contributed by atoms with E-state index in [1.54, 1.807) is 24.3 Å². The van der Waals surface area contributed by atoms with E-state index in [1.807, 2.05) is 10.8 Å². The van der Waals surface area contributed by atoms with Gasteiger partial charge >= 0.3 is 6.18 Å². The van der Waals surface area contributed by atoms with E-state index in [0.29, 0.717) is 31.1 Å². The van der Waals surface area contributed by atoms with E-state index in [0.717, 1.165) is 18.2 Å². The van der Waals surface area contributed by atoms with Gasteiger partial charge in [0, 0.05) is 18.8 Å². The van der Waals surface area contributed by atoms with Gasteiger partial charge in [0.15, 0.2) is 0 Å². The van der Waals surface area contributed by atoms with Gasteiger partial charge in [-0.2, -0.15) is 13.2 Å². The Kier molecular flexibility index (Phi) is 7.19. The second kappa shape index (κ2) is 9.70. The highest BCUT2D eigenvalue weighted by Gasteiger charge is 2.32. The standard InChI is InChI=1S/C21H22F3N3O4S/c22-21(23,24)16-7-4-10-18(12-16)32(30,31)25-13-19(28)27-11-5-6-15(14-27)20(29)26-17-8-2-1-3-9-17/h1-4,7-10,12,15,25H,5-6,11,13-14H2,(H,26,29). The number of anilines is 1. The van der Waals surface area contributed by atoms with Crippen LogP contribution in [0, 0.1) is 5.92 Å². The van der Waals surface area contributed by atoms with E-state index in [-0.39, 0.29) is 12.5 Å². The first kappa shape index (κ1) is 23.7. The Hall–Kier alpha value is -2.92. The van der Waals surface area contributed by atoms with Crippen LogP contribution in [-0.4, -0.2) is 44.8 Å². The maximum atomic E-state index is 12.8. The normalized spacial score (nSPS) is 17.1. The van der Waals surface area contributed by atoms with Gasteiger partial charge in [0.1, 0.15) is 0 Å². The van der Waals surface area contributed by atoms with Crippen LogP contribution < -0.4 is 10.0 Å². The van der Waals surface area contributed by atoms with Gasteiger partial charge in [-0.05, 0) is 43.2 Å². The summed E-state index contributed by atoms with van der Waals surface area (Å²) < 4.78 is 65.3. The molecule has 1 aliphatic heterocycles. The number of sulfonamides is 1. The summed E-state index contributed by atoms with van der Waals surface area (Å²) >= 11 is 0. The highest BCUT2D eigenvalue weighted by atomic mass is 32.2. The summed E-state index contributed by atoms with van der Waals surface area (Å²) in [6.07, 6.45) is -3.54. The largest absolute Gasteiger partial charge is 0.416 e. The first-order valence-electron chi connectivity index (χ1n) is 9.87. The molecule has 0 saturated carbocycles. The molecule has 0 radical (unpaired) electrons. The van der Waals surface area contributed by atoms with Crippen LogP contribution in [0.5, 0.6) is 0 Å². The average molecular weight is 469 g/mol. The monoisotopic (exact) mass is 469 g/mol. The van der Waals surface area contributed by atoms with Crippen molar-refractivity contribution < 1.29 is 31.2 Å². The molecule has 1 aliphatic rings. The SMILES string of the molecule is O=C(Nc1ccccc1)C1CCCN(C(=O)CNS(=O)(=O)c2cccc(C(F)(F)F)c2)C1. The van der Waals surface area contributed by atoms with Crippen molar-refractivity contribution in [1.29, 1.82) is 0 Å². The number of piperidine rings is 1. The van der Waals surface area contributed by atoms with Gasteiger partial charge in [-0.25, -0.2) is 13.1 Å². The lowest BCUT2D eigenvalue weighted by molar-refractivity contribution is -0.138. The highest BCUT2D eigenvalue weighted by molar-refractivity contribution is 7.89.